The molecular weight excluding hydrogens is 356 g/mol. The molecule has 0 saturated carbocycles. The van der Waals surface area contributed by atoms with Crippen LogP contribution in [0.25, 0.3) is 11.3 Å². The number of aromatic amines is 1. The predicted molar refractivity (Wildman–Crippen MR) is 109 cm³/mol. The van der Waals surface area contributed by atoms with Crippen molar-refractivity contribution < 1.29 is 0 Å². The van der Waals surface area contributed by atoms with Gasteiger partial charge < -0.3 is 11.1 Å². The standard InChI is InChI=1S/C20H18N6S/c1-13-11-19(26-25-13)23-18-12-17(14-5-3-2-4-6-14)22-20(24-18)27-16-9-7-15(21)8-10-16/h2-12H,21H2,1H3,(H2,22,23,24,25,26). The van der Waals surface area contributed by atoms with Gasteiger partial charge in [0.1, 0.15) is 5.82 Å². The van der Waals surface area contributed by atoms with Gasteiger partial charge >= 0.3 is 0 Å². The van der Waals surface area contributed by atoms with Crippen molar-refractivity contribution in [1.82, 2.24) is 20.2 Å². The quantitative estimate of drug-likeness (QED) is 0.348. The van der Waals surface area contributed by atoms with Crippen LogP contribution < -0.4 is 11.1 Å². The number of benzene rings is 2. The summed E-state index contributed by atoms with van der Waals surface area (Å²) in [5.74, 6) is 1.40. The van der Waals surface area contributed by atoms with E-state index in [9.17, 15) is 0 Å². The van der Waals surface area contributed by atoms with E-state index in [4.69, 9.17) is 10.7 Å². The molecule has 0 fully saturated rings. The van der Waals surface area contributed by atoms with Gasteiger partial charge in [-0.25, -0.2) is 9.97 Å². The first kappa shape index (κ1) is 17.1. The zero-order valence-corrected chi connectivity index (χ0v) is 15.5. The molecule has 2 aromatic heterocycles. The Kier molecular flexibility index (Phi) is 4.76. The maximum absolute atomic E-state index is 5.77. The fourth-order valence-electron chi connectivity index (χ4n) is 2.55. The first-order chi connectivity index (χ1) is 13.2. The lowest BCUT2D eigenvalue weighted by Gasteiger charge is -2.09. The number of anilines is 3. The van der Waals surface area contributed by atoms with E-state index < -0.39 is 0 Å². The molecule has 0 unspecified atom stereocenters. The number of rotatable bonds is 5. The Morgan fingerprint density at radius 2 is 1.70 bits per heavy atom. The summed E-state index contributed by atoms with van der Waals surface area (Å²) < 4.78 is 0. The van der Waals surface area contributed by atoms with Crippen LogP contribution in [0.5, 0.6) is 0 Å². The van der Waals surface area contributed by atoms with E-state index in [1.807, 2.05) is 73.7 Å². The van der Waals surface area contributed by atoms with E-state index in [-0.39, 0.29) is 0 Å². The number of aromatic nitrogens is 4. The van der Waals surface area contributed by atoms with E-state index in [1.54, 1.807) is 0 Å². The molecule has 0 aliphatic carbocycles. The molecule has 27 heavy (non-hydrogen) atoms. The number of hydrogen-bond acceptors (Lipinski definition) is 6. The van der Waals surface area contributed by atoms with Crippen molar-refractivity contribution >= 4 is 29.1 Å². The molecule has 2 aromatic carbocycles. The highest BCUT2D eigenvalue weighted by atomic mass is 32.2. The molecule has 0 aliphatic heterocycles. The average Bonchev–Trinajstić information content (AvgIpc) is 3.09. The average molecular weight is 374 g/mol. The Morgan fingerprint density at radius 1 is 0.926 bits per heavy atom. The van der Waals surface area contributed by atoms with Gasteiger partial charge in [0, 0.05) is 34.0 Å². The zero-order valence-electron chi connectivity index (χ0n) is 14.7. The molecule has 0 atom stereocenters. The highest BCUT2D eigenvalue weighted by Crippen LogP contribution is 2.30. The Hall–Kier alpha value is -3.32. The number of aryl methyl sites for hydroxylation is 1. The number of nitrogen functional groups attached to an aromatic ring is 1. The first-order valence-corrected chi connectivity index (χ1v) is 9.24. The van der Waals surface area contributed by atoms with Gasteiger partial charge in [-0.15, -0.1) is 0 Å². The second-order valence-corrected chi connectivity index (χ2v) is 7.06. The fourth-order valence-corrected chi connectivity index (χ4v) is 3.32. The van der Waals surface area contributed by atoms with Crippen LogP contribution in [0.4, 0.5) is 17.3 Å². The van der Waals surface area contributed by atoms with Crippen LogP contribution in [0.2, 0.25) is 0 Å². The van der Waals surface area contributed by atoms with Gasteiger partial charge in [-0.3, -0.25) is 5.10 Å². The SMILES string of the molecule is Cc1cc(Nc2cc(-c3ccccc3)nc(Sc3ccc(N)cc3)n2)n[nH]1. The van der Waals surface area contributed by atoms with Crippen LogP contribution in [0, 0.1) is 6.92 Å². The number of nitrogens with two attached hydrogens (primary N) is 1. The van der Waals surface area contributed by atoms with Crippen molar-refractivity contribution in [2.24, 2.45) is 0 Å². The molecule has 0 saturated heterocycles. The minimum atomic E-state index is 0.649. The van der Waals surface area contributed by atoms with Crippen molar-refractivity contribution in [3.63, 3.8) is 0 Å². The third-order valence-electron chi connectivity index (χ3n) is 3.83. The van der Waals surface area contributed by atoms with E-state index in [2.05, 4.69) is 20.5 Å². The number of H-pyrrole nitrogens is 1. The third kappa shape index (κ3) is 4.27. The molecule has 134 valence electrons. The van der Waals surface area contributed by atoms with E-state index >= 15 is 0 Å². The first-order valence-electron chi connectivity index (χ1n) is 8.43. The van der Waals surface area contributed by atoms with Crippen LogP contribution >= 0.6 is 11.8 Å². The summed E-state index contributed by atoms with van der Waals surface area (Å²) in [7, 11) is 0. The van der Waals surface area contributed by atoms with E-state index in [0.29, 0.717) is 16.8 Å². The van der Waals surface area contributed by atoms with Gasteiger partial charge in [-0.1, -0.05) is 30.3 Å². The second kappa shape index (κ2) is 7.51. The van der Waals surface area contributed by atoms with Gasteiger partial charge in [0.25, 0.3) is 0 Å². The molecule has 7 heteroatoms. The Bertz CT molecular complexity index is 1040. The molecule has 4 aromatic rings. The van der Waals surface area contributed by atoms with Gasteiger partial charge in [0.2, 0.25) is 0 Å². The summed E-state index contributed by atoms with van der Waals surface area (Å²) in [5.41, 5.74) is 9.35. The van der Waals surface area contributed by atoms with Crippen molar-refractivity contribution in [2.45, 2.75) is 17.0 Å². The van der Waals surface area contributed by atoms with Crippen LogP contribution in [0.3, 0.4) is 0 Å². The summed E-state index contributed by atoms with van der Waals surface area (Å²) in [6.07, 6.45) is 0. The highest BCUT2D eigenvalue weighted by Gasteiger charge is 2.10. The topological polar surface area (TPSA) is 92.5 Å². The Labute approximate surface area is 161 Å². The minimum Gasteiger partial charge on any atom is -0.399 e. The molecule has 2 heterocycles. The molecule has 0 radical (unpaired) electrons. The summed E-state index contributed by atoms with van der Waals surface area (Å²) in [5, 5.41) is 11.0. The molecule has 0 aliphatic rings. The Morgan fingerprint density at radius 3 is 2.41 bits per heavy atom. The van der Waals surface area contributed by atoms with Crippen LogP contribution in [0.1, 0.15) is 5.69 Å². The van der Waals surface area contributed by atoms with Crippen LogP contribution in [-0.2, 0) is 0 Å². The molecule has 0 bridgehead atoms. The van der Waals surface area contributed by atoms with Gasteiger partial charge in [0.15, 0.2) is 11.0 Å². The molecule has 4 N–H and O–H groups in total. The fraction of sp³-hybridized carbons (Fsp3) is 0.0500. The summed E-state index contributed by atoms with van der Waals surface area (Å²) >= 11 is 1.49. The Balaban J connectivity index is 1.70. The van der Waals surface area contributed by atoms with Gasteiger partial charge in [-0.05, 0) is 43.0 Å². The predicted octanol–water partition coefficient (Wildman–Crippen LogP) is 4.65. The van der Waals surface area contributed by atoms with E-state index in [1.165, 1.54) is 11.8 Å². The smallest absolute Gasteiger partial charge is 0.194 e. The summed E-state index contributed by atoms with van der Waals surface area (Å²) in [4.78, 5) is 10.4. The number of nitrogens with one attached hydrogen (secondary N) is 2. The molecule has 0 amide bonds. The molecular formula is C20H18N6S. The summed E-state index contributed by atoms with van der Waals surface area (Å²) in [6.45, 7) is 1.95. The zero-order chi connectivity index (χ0) is 18.6. The van der Waals surface area contributed by atoms with Crippen molar-refractivity contribution in [3.05, 3.63) is 72.4 Å². The highest BCUT2D eigenvalue weighted by molar-refractivity contribution is 7.99. The second-order valence-electron chi connectivity index (χ2n) is 6.02. The minimum absolute atomic E-state index is 0.649. The lowest BCUT2D eigenvalue weighted by Crippen LogP contribution is -1.99. The maximum Gasteiger partial charge on any atom is 0.194 e. The van der Waals surface area contributed by atoms with Gasteiger partial charge in [-0.2, -0.15) is 5.10 Å². The normalized spacial score (nSPS) is 10.7. The largest absolute Gasteiger partial charge is 0.399 e. The maximum atomic E-state index is 5.77. The lowest BCUT2D eigenvalue weighted by atomic mass is 10.1. The molecule has 4 rings (SSSR count). The van der Waals surface area contributed by atoms with Crippen LogP contribution in [-0.4, -0.2) is 20.2 Å². The van der Waals surface area contributed by atoms with Gasteiger partial charge in [0.05, 0.1) is 5.69 Å². The van der Waals surface area contributed by atoms with E-state index in [0.717, 1.165) is 27.5 Å². The molecule has 6 nitrogen and oxygen atoms in total. The monoisotopic (exact) mass is 374 g/mol. The van der Waals surface area contributed by atoms with Crippen LogP contribution in [0.15, 0.2) is 76.8 Å². The van der Waals surface area contributed by atoms with Crippen molar-refractivity contribution in [3.8, 4) is 11.3 Å². The lowest BCUT2D eigenvalue weighted by molar-refractivity contribution is 0.973. The van der Waals surface area contributed by atoms with Crippen molar-refractivity contribution in [2.75, 3.05) is 11.1 Å². The number of hydrogen-bond donors (Lipinski definition) is 3. The number of nitrogens with zero attached hydrogens (tertiary/aromatic N) is 3. The molecule has 0 spiro atoms. The summed E-state index contributed by atoms with van der Waals surface area (Å²) in [6, 6.07) is 21.5. The van der Waals surface area contributed by atoms with Crippen molar-refractivity contribution in [1.29, 1.82) is 0 Å². The third-order valence-corrected chi connectivity index (χ3v) is 4.70.